The lowest BCUT2D eigenvalue weighted by atomic mass is 10.0. The number of pyridine rings is 1. The third-order valence-electron chi connectivity index (χ3n) is 5.74. The van der Waals surface area contributed by atoms with E-state index in [0.717, 1.165) is 50.6 Å². The molecule has 1 aromatic heterocycles. The fraction of sp³-hybridized carbons (Fsp3) is 0.208. The van der Waals surface area contributed by atoms with Gasteiger partial charge in [-0.05, 0) is 55.7 Å². The first-order chi connectivity index (χ1) is 15.0. The van der Waals surface area contributed by atoms with Crippen LogP contribution in [0.15, 0.2) is 59.7 Å². The molecule has 31 heavy (non-hydrogen) atoms. The molecule has 4 N–H and O–H groups in total. The van der Waals surface area contributed by atoms with Gasteiger partial charge in [-0.25, -0.2) is 4.99 Å². The lowest BCUT2D eigenvalue weighted by molar-refractivity contribution is 0.0958. The minimum atomic E-state index is -0.312. The standard InChI is InChI=1S/C24H24N6O/c1-13-10-20-19(15(3)26-23(20)31)11-21(13)27-24-28-22(29-30-24)17-8-6-16(7-9-17)18-5-4-14(2)25-12-18/h4-12,15,24,27,30H,1-3H3,(H,26,31)(H,28,29). The molecule has 0 fully saturated rings. The molecule has 2 aliphatic rings. The molecule has 2 unspecified atom stereocenters. The van der Waals surface area contributed by atoms with Crippen molar-refractivity contribution in [2.45, 2.75) is 33.1 Å². The predicted octanol–water partition coefficient (Wildman–Crippen LogP) is 3.42. The Hall–Kier alpha value is -3.71. The van der Waals surface area contributed by atoms with Crippen molar-refractivity contribution >= 4 is 17.4 Å². The van der Waals surface area contributed by atoms with E-state index >= 15 is 0 Å². The van der Waals surface area contributed by atoms with Gasteiger partial charge in [-0.15, -0.1) is 0 Å². The molecule has 0 spiro atoms. The van der Waals surface area contributed by atoms with E-state index in [1.807, 2.05) is 57.3 Å². The Morgan fingerprint density at radius 1 is 0.968 bits per heavy atom. The number of hydrazine groups is 1. The fourth-order valence-corrected chi connectivity index (χ4v) is 3.94. The number of aryl methyl sites for hydroxylation is 2. The fourth-order valence-electron chi connectivity index (χ4n) is 3.94. The van der Waals surface area contributed by atoms with Gasteiger partial charge in [0.05, 0.1) is 6.04 Å². The van der Waals surface area contributed by atoms with Gasteiger partial charge in [0.15, 0.2) is 6.29 Å². The second-order valence-corrected chi connectivity index (χ2v) is 8.01. The molecule has 3 aromatic rings. The molecule has 0 saturated heterocycles. The Balaban J connectivity index is 1.33. The number of amides is 1. The molecule has 7 nitrogen and oxygen atoms in total. The van der Waals surface area contributed by atoms with Crippen molar-refractivity contribution in [3.05, 3.63) is 82.7 Å². The van der Waals surface area contributed by atoms with E-state index in [2.05, 4.69) is 44.7 Å². The number of anilines is 1. The molecule has 2 atom stereocenters. The van der Waals surface area contributed by atoms with Crippen molar-refractivity contribution in [2.24, 2.45) is 4.99 Å². The van der Waals surface area contributed by atoms with Crippen LogP contribution < -0.4 is 21.5 Å². The van der Waals surface area contributed by atoms with Crippen LogP contribution in [-0.2, 0) is 0 Å². The Labute approximate surface area is 181 Å². The summed E-state index contributed by atoms with van der Waals surface area (Å²) in [5, 5.41) is 6.36. The first-order valence-electron chi connectivity index (χ1n) is 10.3. The monoisotopic (exact) mass is 412 g/mol. The first kappa shape index (κ1) is 19.3. The zero-order valence-electron chi connectivity index (χ0n) is 17.7. The number of nitrogens with one attached hydrogen (secondary N) is 4. The molecule has 1 amide bonds. The van der Waals surface area contributed by atoms with Crippen molar-refractivity contribution in [1.82, 2.24) is 21.2 Å². The van der Waals surface area contributed by atoms with E-state index in [4.69, 9.17) is 4.99 Å². The van der Waals surface area contributed by atoms with Gasteiger partial charge in [0.25, 0.3) is 5.91 Å². The van der Waals surface area contributed by atoms with Gasteiger partial charge in [0.1, 0.15) is 5.84 Å². The second-order valence-electron chi connectivity index (χ2n) is 8.01. The van der Waals surface area contributed by atoms with Crippen LogP contribution in [0.4, 0.5) is 5.69 Å². The quantitative estimate of drug-likeness (QED) is 0.527. The molecule has 0 radical (unpaired) electrons. The summed E-state index contributed by atoms with van der Waals surface area (Å²) in [6, 6.07) is 16.3. The number of carbonyl (C=O) groups is 1. The van der Waals surface area contributed by atoms with Crippen molar-refractivity contribution in [2.75, 3.05) is 5.32 Å². The summed E-state index contributed by atoms with van der Waals surface area (Å²) in [5.74, 6) is 0.762. The highest BCUT2D eigenvalue weighted by Crippen LogP contribution is 2.30. The lowest BCUT2D eigenvalue weighted by Crippen LogP contribution is -2.39. The Kier molecular flexibility index (Phi) is 4.67. The zero-order chi connectivity index (χ0) is 21.5. The number of rotatable bonds is 4. The van der Waals surface area contributed by atoms with Crippen molar-refractivity contribution in [1.29, 1.82) is 0 Å². The topological polar surface area (TPSA) is 90.4 Å². The first-order valence-corrected chi connectivity index (χ1v) is 10.3. The van der Waals surface area contributed by atoms with Crippen LogP contribution in [0.5, 0.6) is 0 Å². The number of benzene rings is 2. The van der Waals surface area contributed by atoms with Crippen molar-refractivity contribution in [3.8, 4) is 11.1 Å². The summed E-state index contributed by atoms with van der Waals surface area (Å²) in [7, 11) is 0. The van der Waals surface area contributed by atoms with E-state index in [-0.39, 0.29) is 18.2 Å². The summed E-state index contributed by atoms with van der Waals surface area (Å²) in [4.78, 5) is 21.1. The molecule has 3 heterocycles. The summed E-state index contributed by atoms with van der Waals surface area (Å²) in [6.45, 7) is 5.96. The highest BCUT2D eigenvalue weighted by Gasteiger charge is 2.27. The van der Waals surface area contributed by atoms with Crippen LogP contribution in [0, 0.1) is 13.8 Å². The number of amidine groups is 1. The van der Waals surface area contributed by atoms with Crippen LogP contribution in [0.1, 0.15) is 45.7 Å². The van der Waals surface area contributed by atoms with E-state index in [9.17, 15) is 4.79 Å². The SMILES string of the molecule is Cc1ccc(-c2ccc(C3=NC(Nc4cc5c(cc4C)C(=O)NC5C)NN3)cc2)cn1. The van der Waals surface area contributed by atoms with E-state index < -0.39 is 0 Å². The number of hydrogen-bond acceptors (Lipinski definition) is 6. The number of aliphatic imine (C=N–C) groups is 1. The number of hydrogen-bond donors (Lipinski definition) is 4. The smallest absolute Gasteiger partial charge is 0.252 e. The van der Waals surface area contributed by atoms with Crippen LogP contribution in [0.2, 0.25) is 0 Å². The number of carbonyl (C=O) groups excluding carboxylic acids is 1. The molecule has 5 rings (SSSR count). The summed E-state index contributed by atoms with van der Waals surface area (Å²) >= 11 is 0. The Morgan fingerprint density at radius 3 is 2.45 bits per heavy atom. The highest BCUT2D eigenvalue weighted by atomic mass is 16.2. The summed E-state index contributed by atoms with van der Waals surface area (Å²) in [5.41, 5.74) is 14.2. The third kappa shape index (κ3) is 3.64. The van der Waals surface area contributed by atoms with Gasteiger partial charge >= 0.3 is 0 Å². The molecule has 0 bridgehead atoms. The number of fused-ring (bicyclic) bond motifs is 1. The van der Waals surface area contributed by atoms with Gasteiger partial charge in [-0.1, -0.05) is 30.3 Å². The molecule has 0 saturated carbocycles. The molecular formula is C24H24N6O. The van der Waals surface area contributed by atoms with Gasteiger partial charge in [-0.2, -0.15) is 5.43 Å². The number of nitrogens with zero attached hydrogens (tertiary/aromatic N) is 2. The summed E-state index contributed by atoms with van der Waals surface area (Å²) < 4.78 is 0. The van der Waals surface area contributed by atoms with Crippen molar-refractivity contribution < 1.29 is 4.79 Å². The zero-order valence-corrected chi connectivity index (χ0v) is 17.7. The van der Waals surface area contributed by atoms with Gasteiger partial charge in [0.2, 0.25) is 0 Å². The normalized spacial score (nSPS) is 19.5. The maximum atomic E-state index is 12.0. The molecule has 2 aliphatic heterocycles. The van der Waals surface area contributed by atoms with Gasteiger partial charge in [-0.3, -0.25) is 9.78 Å². The summed E-state index contributed by atoms with van der Waals surface area (Å²) in [6.07, 6.45) is 1.58. The predicted molar refractivity (Wildman–Crippen MR) is 122 cm³/mol. The minimum Gasteiger partial charge on any atom is -0.350 e. The molecule has 156 valence electrons. The number of aromatic nitrogens is 1. The maximum absolute atomic E-state index is 12.0. The average Bonchev–Trinajstić information content (AvgIpc) is 3.34. The molecule has 0 aliphatic carbocycles. The van der Waals surface area contributed by atoms with Gasteiger partial charge < -0.3 is 16.1 Å². The second kappa shape index (κ2) is 7.52. The minimum absolute atomic E-state index is 0.0111. The molecule has 7 heteroatoms. The lowest BCUT2D eigenvalue weighted by Gasteiger charge is -2.15. The third-order valence-corrected chi connectivity index (χ3v) is 5.74. The Morgan fingerprint density at radius 2 is 1.71 bits per heavy atom. The van der Waals surface area contributed by atoms with Crippen LogP contribution in [-0.4, -0.2) is 23.0 Å². The largest absolute Gasteiger partial charge is 0.350 e. The van der Waals surface area contributed by atoms with E-state index in [0.29, 0.717) is 0 Å². The van der Waals surface area contributed by atoms with Crippen molar-refractivity contribution in [3.63, 3.8) is 0 Å². The molecular weight excluding hydrogens is 388 g/mol. The Bertz CT molecular complexity index is 1180. The molecule has 2 aromatic carbocycles. The van der Waals surface area contributed by atoms with E-state index in [1.165, 1.54) is 0 Å². The van der Waals surface area contributed by atoms with Crippen LogP contribution in [0.3, 0.4) is 0 Å². The highest BCUT2D eigenvalue weighted by molar-refractivity contribution is 6.01. The maximum Gasteiger partial charge on any atom is 0.252 e. The van der Waals surface area contributed by atoms with Gasteiger partial charge in [0, 0.05) is 34.3 Å². The van der Waals surface area contributed by atoms with Crippen LogP contribution >= 0.6 is 0 Å². The van der Waals surface area contributed by atoms with E-state index in [1.54, 1.807) is 0 Å². The average molecular weight is 412 g/mol. The van der Waals surface area contributed by atoms with Crippen LogP contribution in [0.25, 0.3) is 11.1 Å².